The number of thiophene rings is 2. The molecule has 106 valence electrons. The van der Waals surface area contributed by atoms with Crippen molar-refractivity contribution >= 4 is 61.1 Å². The Kier molecular flexibility index (Phi) is 3.58. The first-order valence-electron chi connectivity index (χ1n) is 5.64. The fourth-order valence-electron chi connectivity index (χ4n) is 1.71. The molecule has 3 rings (SSSR count). The summed E-state index contributed by atoms with van der Waals surface area (Å²) < 4.78 is 2.00. The molecule has 3 heterocycles. The van der Waals surface area contributed by atoms with Gasteiger partial charge in [-0.3, -0.25) is 14.9 Å². The van der Waals surface area contributed by atoms with Gasteiger partial charge in [0, 0.05) is 15.5 Å². The molecule has 0 atom stereocenters. The maximum atomic E-state index is 12.2. The van der Waals surface area contributed by atoms with Crippen molar-refractivity contribution in [1.82, 2.24) is 4.98 Å². The summed E-state index contributed by atoms with van der Waals surface area (Å²) in [4.78, 5) is 26.7. The number of nitrogens with one attached hydrogen (secondary N) is 1. The molecule has 0 aromatic carbocycles. The second-order valence-electron chi connectivity index (χ2n) is 3.97. The Hall–Kier alpha value is -2.03. The number of rotatable bonds is 3. The van der Waals surface area contributed by atoms with Crippen LogP contribution in [0.5, 0.6) is 0 Å². The van der Waals surface area contributed by atoms with Crippen LogP contribution in [0.15, 0.2) is 29.6 Å². The Labute approximate surface area is 131 Å². The summed E-state index contributed by atoms with van der Waals surface area (Å²) in [5.41, 5.74) is -0.300. The number of nitrogens with zero attached hydrogens (tertiary/aromatic N) is 2. The van der Waals surface area contributed by atoms with Crippen LogP contribution in [0.1, 0.15) is 9.67 Å². The summed E-state index contributed by atoms with van der Waals surface area (Å²) in [6.07, 6.45) is 0. The second kappa shape index (κ2) is 5.40. The number of anilines is 1. The number of pyridine rings is 1. The average Bonchev–Trinajstić information content (AvgIpc) is 2.98. The molecule has 0 saturated carbocycles. The molecule has 1 amide bonds. The van der Waals surface area contributed by atoms with Gasteiger partial charge in [-0.1, -0.05) is 11.6 Å². The standard InChI is InChI=1S/C12H6ClN3O3S2/c13-10-2-1-6(16(18)19)11(14-10)15-12(17)9-5-8-7(21-9)3-4-20-8/h1-5H,(H,14,15,17). The molecule has 3 aromatic rings. The van der Waals surface area contributed by atoms with E-state index in [1.807, 2.05) is 11.4 Å². The topological polar surface area (TPSA) is 85.1 Å². The Balaban J connectivity index is 1.92. The minimum Gasteiger partial charge on any atom is -0.300 e. The average molecular weight is 340 g/mol. The lowest BCUT2D eigenvalue weighted by Crippen LogP contribution is -2.13. The molecule has 0 unspecified atom stereocenters. The fraction of sp³-hybridized carbons (Fsp3) is 0. The van der Waals surface area contributed by atoms with Gasteiger partial charge in [-0.25, -0.2) is 4.98 Å². The lowest BCUT2D eigenvalue weighted by atomic mass is 10.3. The highest BCUT2D eigenvalue weighted by Crippen LogP contribution is 2.31. The number of hydrogen-bond acceptors (Lipinski definition) is 6. The third-order valence-electron chi connectivity index (χ3n) is 2.63. The number of carbonyl (C=O) groups is 1. The zero-order chi connectivity index (χ0) is 15.0. The van der Waals surface area contributed by atoms with Crippen molar-refractivity contribution in [2.45, 2.75) is 0 Å². The van der Waals surface area contributed by atoms with Gasteiger partial charge in [-0.15, -0.1) is 22.7 Å². The van der Waals surface area contributed by atoms with Crippen LogP contribution in [0, 0.1) is 10.1 Å². The van der Waals surface area contributed by atoms with Crippen LogP contribution < -0.4 is 5.32 Å². The monoisotopic (exact) mass is 339 g/mol. The zero-order valence-electron chi connectivity index (χ0n) is 10.2. The molecule has 0 bridgehead atoms. The largest absolute Gasteiger partial charge is 0.311 e. The fourth-order valence-corrected chi connectivity index (χ4v) is 3.87. The van der Waals surface area contributed by atoms with Gasteiger partial charge in [-0.2, -0.15) is 0 Å². The van der Waals surface area contributed by atoms with Crippen molar-refractivity contribution in [2.24, 2.45) is 0 Å². The quantitative estimate of drug-likeness (QED) is 0.441. The predicted molar refractivity (Wildman–Crippen MR) is 83.6 cm³/mol. The van der Waals surface area contributed by atoms with E-state index in [4.69, 9.17) is 11.6 Å². The number of carbonyl (C=O) groups excluding carboxylic acids is 1. The van der Waals surface area contributed by atoms with Crippen LogP contribution >= 0.6 is 34.3 Å². The first-order valence-corrected chi connectivity index (χ1v) is 7.71. The third kappa shape index (κ3) is 2.73. The summed E-state index contributed by atoms with van der Waals surface area (Å²) in [5, 5.41) is 15.4. The minimum atomic E-state index is -0.619. The molecular formula is C12H6ClN3O3S2. The lowest BCUT2D eigenvalue weighted by molar-refractivity contribution is -0.384. The molecule has 21 heavy (non-hydrogen) atoms. The van der Waals surface area contributed by atoms with Crippen molar-refractivity contribution < 1.29 is 9.72 Å². The smallest absolute Gasteiger partial charge is 0.300 e. The van der Waals surface area contributed by atoms with E-state index in [0.29, 0.717) is 4.88 Å². The second-order valence-corrected chi connectivity index (χ2v) is 6.39. The van der Waals surface area contributed by atoms with Gasteiger partial charge in [0.05, 0.1) is 9.80 Å². The maximum Gasteiger partial charge on any atom is 0.311 e. The highest BCUT2D eigenvalue weighted by molar-refractivity contribution is 7.27. The van der Waals surface area contributed by atoms with Crippen molar-refractivity contribution in [3.63, 3.8) is 0 Å². The SMILES string of the molecule is O=C(Nc1nc(Cl)ccc1[N+](=O)[O-])c1cc2sccc2s1. The van der Waals surface area contributed by atoms with Crippen molar-refractivity contribution in [3.05, 3.63) is 49.8 Å². The van der Waals surface area contributed by atoms with Crippen LogP contribution in [-0.4, -0.2) is 15.8 Å². The molecule has 0 aliphatic heterocycles. The van der Waals surface area contributed by atoms with Crippen molar-refractivity contribution in [3.8, 4) is 0 Å². The highest BCUT2D eigenvalue weighted by Gasteiger charge is 2.20. The molecule has 0 spiro atoms. The maximum absolute atomic E-state index is 12.2. The van der Waals surface area contributed by atoms with Crippen molar-refractivity contribution in [2.75, 3.05) is 5.32 Å². The van der Waals surface area contributed by atoms with Gasteiger partial charge in [-0.05, 0) is 23.6 Å². The molecule has 1 N–H and O–H groups in total. The van der Waals surface area contributed by atoms with E-state index in [9.17, 15) is 14.9 Å². The van der Waals surface area contributed by atoms with E-state index in [1.165, 1.54) is 34.8 Å². The number of fused-ring (bicyclic) bond motifs is 1. The molecule has 6 nitrogen and oxygen atoms in total. The van der Waals surface area contributed by atoms with Crippen LogP contribution in [0.4, 0.5) is 11.5 Å². The van der Waals surface area contributed by atoms with Crippen molar-refractivity contribution in [1.29, 1.82) is 0 Å². The molecule has 0 aliphatic rings. The van der Waals surface area contributed by atoms with Gasteiger partial charge in [0.25, 0.3) is 5.91 Å². The Morgan fingerprint density at radius 1 is 1.33 bits per heavy atom. The summed E-state index contributed by atoms with van der Waals surface area (Å²) in [6.45, 7) is 0. The van der Waals surface area contributed by atoms with Crippen LogP contribution in [-0.2, 0) is 0 Å². The van der Waals surface area contributed by atoms with Crippen LogP contribution in [0.2, 0.25) is 5.15 Å². The van der Waals surface area contributed by atoms with E-state index < -0.39 is 10.8 Å². The molecular weight excluding hydrogens is 334 g/mol. The van der Waals surface area contributed by atoms with E-state index >= 15 is 0 Å². The Morgan fingerprint density at radius 3 is 2.86 bits per heavy atom. The van der Waals surface area contributed by atoms with Gasteiger partial charge < -0.3 is 5.32 Å². The van der Waals surface area contributed by atoms with Crippen LogP contribution in [0.25, 0.3) is 9.40 Å². The summed E-state index contributed by atoms with van der Waals surface area (Å²) in [5.74, 6) is -0.601. The molecule has 0 aliphatic carbocycles. The highest BCUT2D eigenvalue weighted by atomic mass is 35.5. The Morgan fingerprint density at radius 2 is 2.14 bits per heavy atom. The van der Waals surface area contributed by atoms with Gasteiger partial charge in [0.1, 0.15) is 5.15 Å². The molecule has 9 heteroatoms. The molecule has 0 radical (unpaired) electrons. The summed E-state index contributed by atoms with van der Waals surface area (Å²) in [6, 6.07) is 6.17. The van der Waals surface area contributed by atoms with Gasteiger partial charge in [0.2, 0.25) is 5.82 Å². The van der Waals surface area contributed by atoms with E-state index in [-0.39, 0.29) is 16.7 Å². The molecule has 3 aromatic heterocycles. The number of nitro groups is 1. The number of halogens is 1. The zero-order valence-corrected chi connectivity index (χ0v) is 12.6. The molecule has 0 saturated heterocycles. The van der Waals surface area contributed by atoms with Gasteiger partial charge >= 0.3 is 5.69 Å². The normalized spacial score (nSPS) is 10.7. The minimum absolute atomic E-state index is 0.0723. The molecule has 0 fully saturated rings. The Bertz CT molecular complexity index is 830. The number of aromatic nitrogens is 1. The lowest BCUT2D eigenvalue weighted by Gasteiger charge is -2.03. The summed E-state index contributed by atoms with van der Waals surface area (Å²) >= 11 is 8.56. The summed E-state index contributed by atoms with van der Waals surface area (Å²) in [7, 11) is 0. The van der Waals surface area contributed by atoms with E-state index in [1.54, 1.807) is 6.07 Å². The van der Waals surface area contributed by atoms with E-state index in [0.717, 1.165) is 9.40 Å². The predicted octanol–water partition coefficient (Wildman–Crippen LogP) is 4.17. The van der Waals surface area contributed by atoms with Gasteiger partial charge in [0.15, 0.2) is 0 Å². The van der Waals surface area contributed by atoms with E-state index in [2.05, 4.69) is 10.3 Å². The first kappa shape index (κ1) is 13.9. The number of amides is 1. The van der Waals surface area contributed by atoms with Crippen LogP contribution in [0.3, 0.4) is 0 Å². The first-order chi connectivity index (χ1) is 10.0. The third-order valence-corrected chi connectivity index (χ3v) is 4.93. The number of hydrogen-bond donors (Lipinski definition) is 1.